The molecule has 3 aliphatic heterocycles. The van der Waals surface area contributed by atoms with Gasteiger partial charge >= 0.3 is 0 Å². The van der Waals surface area contributed by atoms with Crippen LogP contribution in [0.2, 0.25) is 0 Å². The number of carbonyl (C=O) groups excluding carboxylic acids is 1. The molecule has 7 nitrogen and oxygen atoms in total. The Morgan fingerprint density at radius 3 is 2.66 bits per heavy atom. The normalized spacial score (nSPS) is 29.0. The molecule has 1 amide bonds. The number of hydrogen-bond donors (Lipinski definition) is 2. The number of carbonyl (C=O) groups is 1. The Morgan fingerprint density at radius 1 is 1.05 bits per heavy atom. The second kappa shape index (κ2) is 8.62. The van der Waals surface area contributed by atoms with E-state index in [9.17, 15) is 19.4 Å². The topological polar surface area (TPSA) is 76.5 Å². The highest BCUT2D eigenvalue weighted by Crippen LogP contribution is 2.58. The first-order valence-electron chi connectivity index (χ1n) is 13.2. The summed E-state index contributed by atoms with van der Waals surface area (Å²) in [6, 6.07) is 10.9. The quantitative estimate of drug-likeness (QED) is 0.646. The molecular formula is C29H29F2N3O4. The third-order valence-electron chi connectivity index (χ3n) is 8.98. The molecule has 3 heterocycles. The van der Waals surface area contributed by atoms with Gasteiger partial charge in [0.1, 0.15) is 6.10 Å². The Morgan fingerprint density at radius 2 is 1.84 bits per heavy atom. The predicted molar refractivity (Wildman–Crippen MR) is 133 cm³/mol. The largest absolute Gasteiger partial charge is 0.507 e. The maximum absolute atomic E-state index is 15.2. The van der Waals surface area contributed by atoms with Crippen LogP contribution in [0.1, 0.15) is 35.1 Å². The molecule has 2 aliphatic carbocycles. The minimum atomic E-state index is -1.30. The van der Waals surface area contributed by atoms with Crippen molar-refractivity contribution in [3.8, 4) is 0 Å². The Kier molecular flexibility index (Phi) is 5.41. The van der Waals surface area contributed by atoms with E-state index in [1.54, 1.807) is 22.2 Å². The molecule has 2 fully saturated rings. The lowest BCUT2D eigenvalue weighted by atomic mass is 9.81. The highest BCUT2D eigenvalue weighted by molar-refractivity contribution is 5.94. The van der Waals surface area contributed by atoms with Crippen molar-refractivity contribution >= 4 is 5.91 Å². The number of aliphatic hydroxyl groups excluding tert-OH is 2. The summed E-state index contributed by atoms with van der Waals surface area (Å²) in [4.78, 5) is 15.5. The van der Waals surface area contributed by atoms with Crippen LogP contribution in [0.3, 0.4) is 0 Å². The second-order valence-corrected chi connectivity index (χ2v) is 10.9. The van der Waals surface area contributed by atoms with Crippen molar-refractivity contribution in [2.24, 2.45) is 11.8 Å². The van der Waals surface area contributed by atoms with Crippen LogP contribution in [-0.4, -0.2) is 63.6 Å². The number of rotatable bonds is 3. The lowest BCUT2D eigenvalue weighted by Gasteiger charge is -2.54. The summed E-state index contributed by atoms with van der Waals surface area (Å²) in [5.41, 5.74) is 2.22. The van der Waals surface area contributed by atoms with Crippen LogP contribution in [0.5, 0.6) is 0 Å². The van der Waals surface area contributed by atoms with Gasteiger partial charge in [-0.3, -0.25) is 9.80 Å². The average molecular weight is 522 g/mol. The second-order valence-electron chi connectivity index (χ2n) is 10.9. The molecule has 0 aromatic heterocycles. The molecule has 0 radical (unpaired) electrons. The van der Waals surface area contributed by atoms with E-state index in [2.05, 4.69) is 6.07 Å². The maximum atomic E-state index is 15.2. The molecular weight excluding hydrogens is 492 g/mol. The number of benzene rings is 2. The number of ether oxygens (including phenoxy) is 1. The van der Waals surface area contributed by atoms with E-state index in [1.807, 2.05) is 23.2 Å². The van der Waals surface area contributed by atoms with Gasteiger partial charge in [0.15, 0.2) is 23.1 Å². The van der Waals surface area contributed by atoms with E-state index >= 15 is 4.39 Å². The first kappa shape index (κ1) is 23.8. The highest BCUT2D eigenvalue weighted by Gasteiger charge is 2.61. The number of hydrazine groups is 1. The van der Waals surface area contributed by atoms with E-state index in [-0.39, 0.29) is 30.1 Å². The van der Waals surface area contributed by atoms with Crippen LogP contribution >= 0.6 is 0 Å². The van der Waals surface area contributed by atoms with E-state index < -0.39 is 29.0 Å². The zero-order valence-corrected chi connectivity index (χ0v) is 20.8. The highest BCUT2D eigenvalue weighted by atomic mass is 19.2. The monoisotopic (exact) mass is 521 g/mol. The van der Waals surface area contributed by atoms with Crippen LogP contribution in [0, 0.1) is 23.5 Å². The summed E-state index contributed by atoms with van der Waals surface area (Å²) in [6.45, 7) is 1.93. The molecule has 9 heteroatoms. The Hall–Kier alpha value is -3.27. The lowest BCUT2D eigenvalue weighted by molar-refractivity contribution is -0.164. The molecule has 2 saturated heterocycles. The summed E-state index contributed by atoms with van der Waals surface area (Å²) in [6.07, 6.45) is 4.40. The molecule has 2 aromatic carbocycles. The van der Waals surface area contributed by atoms with Crippen LogP contribution in [0.15, 0.2) is 60.1 Å². The molecule has 3 atom stereocenters. The smallest absolute Gasteiger partial charge is 0.276 e. The van der Waals surface area contributed by atoms with Crippen molar-refractivity contribution in [3.05, 3.63) is 94.0 Å². The molecule has 7 rings (SSSR count). The van der Waals surface area contributed by atoms with E-state index in [1.165, 1.54) is 12.1 Å². The van der Waals surface area contributed by atoms with Crippen LogP contribution in [0.4, 0.5) is 8.78 Å². The van der Waals surface area contributed by atoms with Crippen LogP contribution < -0.4 is 0 Å². The van der Waals surface area contributed by atoms with Gasteiger partial charge in [-0.2, -0.15) is 5.01 Å². The lowest BCUT2D eigenvalue weighted by Crippen LogP contribution is -2.65. The fourth-order valence-corrected chi connectivity index (χ4v) is 7.27. The Labute approximate surface area is 219 Å². The summed E-state index contributed by atoms with van der Waals surface area (Å²) in [5.74, 6) is -2.36. The van der Waals surface area contributed by atoms with Gasteiger partial charge in [-0.1, -0.05) is 30.3 Å². The molecule has 3 unspecified atom stereocenters. The predicted octanol–water partition coefficient (Wildman–Crippen LogP) is 3.34. The number of halogens is 2. The first-order chi connectivity index (χ1) is 18.4. The van der Waals surface area contributed by atoms with Gasteiger partial charge in [-0.15, -0.1) is 0 Å². The minimum absolute atomic E-state index is 0.00755. The Balaban J connectivity index is 1.42. The third-order valence-corrected chi connectivity index (χ3v) is 8.98. The van der Waals surface area contributed by atoms with Gasteiger partial charge in [0, 0.05) is 26.0 Å². The zero-order valence-electron chi connectivity index (χ0n) is 20.8. The Bertz CT molecular complexity index is 1390. The first-order valence-corrected chi connectivity index (χ1v) is 13.2. The molecule has 0 bridgehead atoms. The van der Waals surface area contributed by atoms with Crippen molar-refractivity contribution < 1.29 is 28.5 Å². The molecule has 38 heavy (non-hydrogen) atoms. The molecule has 2 aromatic rings. The van der Waals surface area contributed by atoms with Crippen molar-refractivity contribution in [1.82, 2.24) is 14.9 Å². The molecule has 5 aliphatic rings. The summed E-state index contributed by atoms with van der Waals surface area (Å²) >= 11 is 0. The number of hydrogen-bond acceptors (Lipinski definition) is 6. The molecule has 0 spiro atoms. The summed E-state index contributed by atoms with van der Waals surface area (Å²) in [7, 11) is 0. The van der Waals surface area contributed by atoms with Gasteiger partial charge in [0.05, 0.1) is 12.2 Å². The van der Waals surface area contributed by atoms with Crippen molar-refractivity contribution in [2.45, 2.75) is 37.3 Å². The number of fused-ring (bicyclic) bond motifs is 6. The van der Waals surface area contributed by atoms with E-state index in [0.29, 0.717) is 43.7 Å². The van der Waals surface area contributed by atoms with Gasteiger partial charge < -0.3 is 19.8 Å². The number of amides is 1. The van der Waals surface area contributed by atoms with E-state index in [4.69, 9.17) is 4.74 Å². The van der Waals surface area contributed by atoms with Crippen LogP contribution in [0.25, 0.3) is 0 Å². The fraction of sp³-hybridized carbons (Fsp3) is 0.414. The fourth-order valence-electron chi connectivity index (χ4n) is 7.27. The van der Waals surface area contributed by atoms with E-state index in [0.717, 1.165) is 24.0 Å². The number of nitrogens with zero attached hydrogens (tertiary/aromatic N) is 3. The van der Waals surface area contributed by atoms with Crippen molar-refractivity contribution in [1.29, 1.82) is 0 Å². The maximum Gasteiger partial charge on any atom is 0.276 e. The summed E-state index contributed by atoms with van der Waals surface area (Å²) < 4.78 is 35.2. The third kappa shape index (κ3) is 3.18. The average Bonchev–Trinajstić information content (AvgIpc) is 3.42. The minimum Gasteiger partial charge on any atom is -0.507 e. The number of aliphatic hydroxyl groups is 2. The summed E-state index contributed by atoms with van der Waals surface area (Å²) in [5, 5.41) is 25.0. The van der Waals surface area contributed by atoms with Crippen molar-refractivity contribution in [2.75, 3.05) is 26.4 Å². The zero-order chi connectivity index (χ0) is 26.2. The van der Waals surface area contributed by atoms with Gasteiger partial charge in [0.25, 0.3) is 5.91 Å². The van der Waals surface area contributed by atoms with Gasteiger partial charge in [-0.05, 0) is 71.9 Å². The standard InChI is InChI=1S/C29H29F2N3O4/c30-23-6-5-22-20(25(23)31)14-19-13-18-3-1-2-4-21(18)29(19,22)34-16-32(15-17-8-11-38-12-9-17)28(37)26-27(36)24(35)7-10-33(26)34/h1-7,10,17,19,24,35-36H,8-9,11-16H2. The molecule has 0 saturated carbocycles. The SMILES string of the molecule is O=C1C2=C(O)C(O)C=CN2N(C23c4ccccc4CC2Cc2c3ccc(F)c2F)CN1CC1CCOCC1. The van der Waals surface area contributed by atoms with Crippen molar-refractivity contribution in [3.63, 3.8) is 0 Å². The van der Waals surface area contributed by atoms with Crippen LogP contribution in [-0.2, 0) is 27.9 Å². The molecule has 198 valence electrons. The van der Waals surface area contributed by atoms with Gasteiger partial charge in [0.2, 0.25) is 0 Å². The van der Waals surface area contributed by atoms with Gasteiger partial charge in [-0.25, -0.2) is 8.78 Å². The molecule has 2 N–H and O–H groups in total.